The number of nitrogens with zero attached hydrogens (tertiary/aromatic N) is 2. The van der Waals surface area contributed by atoms with Crippen LogP contribution in [0.3, 0.4) is 0 Å². The first kappa shape index (κ1) is 21.0. The van der Waals surface area contributed by atoms with Gasteiger partial charge in [0, 0.05) is 35.3 Å². The van der Waals surface area contributed by atoms with Gasteiger partial charge in [-0.15, -0.1) is 12.4 Å². The van der Waals surface area contributed by atoms with Gasteiger partial charge in [0.05, 0.1) is 12.4 Å². The molecule has 0 atom stereocenters. The summed E-state index contributed by atoms with van der Waals surface area (Å²) < 4.78 is 3.50. The zero-order chi connectivity index (χ0) is 20.0. The van der Waals surface area contributed by atoms with Crippen LogP contribution in [0.4, 0.5) is 0 Å². The molecule has 1 aliphatic carbocycles. The van der Waals surface area contributed by atoms with Gasteiger partial charge in [-0.3, -0.25) is 9.36 Å². The molecule has 29 heavy (non-hydrogen) atoms. The maximum Gasteiger partial charge on any atom is 0.345 e. The molecule has 0 spiro atoms. The van der Waals surface area contributed by atoms with E-state index in [9.17, 15) is 19.8 Å². The van der Waals surface area contributed by atoms with Crippen LogP contribution in [-0.2, 0) is 26.6 Å². The van der Waals surface area contributed by atoms with E-state index in [0.29, 0.717) is 17.7 Å². The molecule has 0 unspecified atom stereocenters. The summed E-state index contributed by atoms with van der Waals surface area (Å²) in [5.41, 5.74) is 2.98. The number of aromatic hydroxyl groups is 1. The van der Waals surface area contributed by atoms with Crippen molar-refractivity contribution in [1.29, 1.82) is 0 Å². The van der Waals surface area contributed by atoms with E-state index in [0.717, 1.165) is 41.3 Å². The van der Waals surface area contributed by atoms with Crippen LogP contribution in [0, 0.1) is 0 Å². The number of halogens is 1. The predicted molar refractivity (Wildman–Crippen MR) is 114 cm³/mol. The molecule has 1 aliphatic rings. The maximum atomic E-state index is 12.9. The number of benzene rings is 1. The van der Waals surface area contributed by atoms with Crippen LogP contribution in [0.25, 0.3) is 22.2 Å². The molecule has 0 radical (unpaired) electrons. The summed E-state index contributed by atoms with van der Waals surface area (Å²) in [6.07, 6.45) is 5.12. The Kier molecular flexibility index (Phi) is 5.73. The fourth-order valence-electron chi connectivity index (χ4n) is 4.21. The molecule has 2 aromatic heterocycles. The number of fused-ring (bicyclic) bond motifs is 4. The first-order valence-electron chi connectivity index (χ1n) is 9.39. The van der Waals surface area contributed by atoms with E-state index in [-0.39, 0.29) is 19.1 Å². The smallest absolute Gasteiger partial charge is 0.345 e. The summed E-state index contributed by atoms with van der Waals surface area (Å²) in [6, 6.07) is 6.19. The minimum absolute atomic E-state index is 0. The van der Waals surface area contributed by atoms with Crippen LogP contribution in [0.15, 0.2) is 29.2 Å². The standard InChI is InChI=1S/C21H23N3O4.ClH/c1-22-11-24-18-14(19(25)17(20(24)26)21(27)28)6-4-3-5-12-10-16-13(9-15(12)18)7-8-23(16)2;/h7-10,22,25H,3-6,11H2,1-2H3,(H,27,28);1H. The molecule has 1 aromatic carbocycles. The Balaban J connectivity index is 0.00000240. The lowest BCUT2D eigenvalue weighted by Crippen LogP contribution is -2.33. The molecule has 0 saturated carbocycles. The lowest BCUT2D eigenvalue weighted by atomic mass is 9.88. The molecule has 0 amide bonds. The second-order valence-electron chi connectivity index (χ2n) is 7.30. The molecule has 3 N–H and O–H groups in total. The van der Waals surface area contributed by atoms with Gasteiger partial charge in [-0.2, -0.15) is 0 Å². The van der Waals surface area contributed by atoms with E-state index >= 15 is 0 Å². The number of rotatable bonds is 3. The van der Waals surface area contributed by atoms with E-state index in [1.165, 1.54) is 4.57 Å². The first-order valence-corrected chi connectivity index (χ1v) is 9.39. The van der Waals surface area contributed by atoms with Gasteiger partial charge in [0.15, 0.2) is 5.56 Å². The number of carbonyl (C=O) groups is 1. The highest BCUT2D eigenvalue weighted by Crippen LogP contribution is 2.38. The summed E-state index contributed by atoms with van der Waals surface area (Å²) >= 11 is 0. The molecule has 8 heteroatoms. The molecule has 0 bridgehead atoms. The van der Waals surface area contributed by atoms with Gasteiger partial charge in [-0.25, -0.2) is 4.79 Å². The fourth-order valence-corrected chi connectivity index (χ4v) is 4.21. The zero-order valence-electron chi connectivity index (χ0n) is 16.4. The third kappa shape index (κ3) is 3.30. The number of aromatic carboxylic acids is 1. The number of hydrogen-bond acceptors (Lipinski definition) is 4. The topological polar surface area (TPSA) is 96.5 Å². The molecule has 0 fully saturated rings. The number of nitrogens with one attached hydrogen (secondary N) is 1. The Hall–Kier alpha value is -2.77. The Labute approximate surface area is 174 Å². The maximum absolute atomic E-state index is 12.9. The largest absolute Gasteiger partial charge is 0.506 e. The molecule has 7 nitrogen and oxygen atoms in total. The summed E-state index contributed by atoms with van der Waals surface area (Å²) in [5, 5.41) is 24.2. The van der Waals surface area contributed by atoms with Crippen molar-refractivity contribution in [2.75, 3.05) is 7.05 Å². The van der Waals surface area contributed by atoms with Crippen molar-refractivity contribution in [3.05, 3.63) is 51.4 Å². The second-order valence-corrected chi connectivity index (χ2v) is 7.30. The number of carboxylic acids is 1. The SMILES string of the molecule is CNCn1c2c(c(O)c(C(=O)O)c1=O)CCCCc1cc3c(ccn3C)cc1-2.Cl. The van der Waals surface area contributed by atoms with Gasteiger partial charge < -0.3 is 20.1 Å². The van der Waals surface area contributed by atoms with E-state index in [1.54, 1.807) is 7.05 Å². The predicted octanol–water partition coefficient (Wildman–Crippen LogP) is 2.89. The van der Waals surface area contributed by atoms with Crippen LogP contribution in [-0.4, -0.2) is 32.4 Å². The van der Waals surface area contributed by atoms with Crippen molar-refractivity contribution in [3.8, 4) is 17.0 Å². The Morgan fingerprint density at radius 2 is 1.97 bits per heavy atom. The van der Waals surface area contributed by atoms with Gasteiger partial charge >= 0.3 is 5.97 Å². The molecule has 2 heterocycles. The van der Waals surface area contributed by atoms with Gasteiger partial charge in [-0.05, 0) is 56.5 Å². The summed E-state index contributed by atoms with van der Waals surface area (Å²) in [6.45, 7) is 0.161. The Morgan fingerprint density at radius 1 is 1.24 bits per heavy atom. The van der Waals surface area contributed by atoms with E-state index < -0.39 is 22.8 Å². The highest BCUT2D eigenvalue weighted by atomic mass is 35.5. The number of carboxylic acid groups (broad SMARTS) is 1. The molecule has 0 aliphatic heterocycles. The van der Waals surface area contributed by atoms with Crippen molar-refractivity contribution in [3.63, 3.8) is 0 Å². The highest BCUT2D eigenvalue weighted by molar-refractivity contribution is 5.93. The van der Waals surface area contributed by atoms with Crippen LogP contribution >= 0.6 is 12.4 Å². The fraction of sp³-hybridized carbons (Fsp3) is 0.333. The van der Waals surface area contributed by atoms with E-state index in [2.05, 4.69) is 16.0 Å². The summed E-state index contributed by atoms with van der Waals surface area (Å²) in [4.78, 5) is 24.6. The van der Waals surface area contributed by atoms with E-state index in [1.807, 2.05) is 25.4 Å². The number of aromatic nitrogens is 2. The molecule has 3 aromatic rings. The lowest BCUT2D eigenvalue weighted by molar-refractivity contribution is 0.0690. The quantitative estimate of drug-likeness (QED) is 0.609. The lowest BCUT2D eigenvalue weighted by Gasteiger charge is -2.24. The third-order valence-corrected chi connectivity index (χ3v) is 5.56. The molecular weight excluding hydrogens is 394 g/mol. The van der Waals surface area contributed by atoms with Crippen LogP contribution in [0.1, 0.15) is 34.3 Å². The number of aryl methyl sites for hydroxylation is 2. The summed E-state index contributed by atoms with van der Waals surface area (Å²) in [7, 11) is 3.70. The van der Waals surface area contributed by atoms with Gasteiger partial charge in [0.1, 0.15) is 5.75 Å². The van der Waals surface area contributed by atoms with Crippen LogP contribution in [0.5, 0.6) is 5.75 Å². The monoisotopic (exact) mass is 417 g/mol. The number of hydrogen-bond donors (Lipinski definition) is 3. The molecule has 0 saturated heterocycles. The molecule has 154 valence electrons. The normalized spacial score (nSPS) is 13.2. The van der Waals surface area contributed by atoms with Crippen molar-refractivity contribution in [1.82, 2.24) is 14.5 Å². The Morgan fingerprint density at radius 3 is 2.66 bits per heavy atom. The van der Waals surface area contributed by atoms with Crippen molar-refractivity contribution in [2.45, 2.75) is 32.4 Å². The zero-order valence-corrected chi connectivity index (χ0v) is 17.2. The highest BCUT2D eigenvalue weighted by Gasteiger charge is 2.28. The van der Waals surface area contributed by atoms with Crippen LogP contribution in [0.2, 0.25) is 0 Å². The second kappa shape index (κ2) is 7.93. The van der Waals surface area contributed by atoms with Gasteiger partial charge in [0.25, 0.3) is 5.56 Å². The average molecular weight is 418 g/mol. The van der Waals surface area contributed by atoms with Gasteiger partial charge in [0.2, 0.25) is 0 Å². The van der Waals surface area contributed by atoms with Crippen LogP contribution < -0.4 is 10.9 Å². The summed E-state index contributed by atoms with van der Waals surface area (Å²) in [5.74, 6) is -1.81. The van der Waals surface area contributed by atoms with Gasteiger partial charge in [-0.1, -0.05) is 0 Å². The minimum Gasteiger partial charge on any atom is -0.506 e. The molecular formula is C21H24ClN3O4. The Bertz CT molecular complexity index is 1160. The average Bonchev–Trinajstić information content (AvgIpc) is 2.99. The molecule has 4 rings (SSSR count). The van der Waals surface area contributed by atoms with Crippen molar-refractivity contribution in [2.24, 2.45) is 7.05 Å². The van der Waals surface area contributed by atoms with E-state index in [4.69, 9.17) is 0 Å². The van der Waals surface area contributed by atoms with Crippen molar-refractivity contribution >= 4 is 29.3 Å². The number of pyridine rings is 1. The minimum atomic E-state index is -1.41. The third-order valence-electron chi connectivity index (χ3n) is 5.56. The first-order chi connectivity index (χ1) is 13.4. The van der Waals surface area contributed by atoms with Crippen molar-refractivity contribution < 1.29 is 15.0 Å².